The Kier molecular flexibility index (Phi) is 8.52. The number of nitrogens with zero attached hydrogens (tertiary/aromatic N) is 2. The Morgan fingerprint density at radius 2 is 2.00 bits per heavy atom. The quantitative estimate of drug-likeness (QED) is 0.536. The number of rotatable bonds is 9. The lowest BCUT2D eigenvalue weighted by Crippen LogP contribution is -2.43. The number of likely N-dealkylation sites (tertiary alicyclic amines) is 1. The number of nitrogens with one attached hydrogen (secondary N) is 1. The fraction of sp³-hybridized carbons (Fsp3) is 0.545. The van der Waals surface area contributed by atoms with Gasteiger partial charge in [0.2, 0.25) is 11.8 Å². The summed E-state index contributed by atoms with van der Waals surface area (Å²) in [6.07, 6.45) is 6.41. The molecule has 1 atom stereocenters. The Morgan fingerprint density at radius 3 is 2.70 bits per heavy atom. The molecule has 148 valence electrons. The summed E-state index contributed by atoms with van der Waals surface area (Å²) in [5.74, 6) is 0.163. The largest absolute Gasteiger partial charge is 0.353 e. The van der Waals surface area contributed by atoms with E-state index in [1.54, 1.807) is 11.0 Å². The Hall–Kier alpha value is -2.14. The van der Waals surface area contributed by atoms with Gasteiger partial charge in [0.15, 0.2) is 0 Å². The molecular weight excluding hydrogens is 338 g/mol. The van der Waals surface area contributed by atoms with E-state index in [0.29, 0.717) is 6.54 Å². The predicted octanol–water partition coefficient (Wildman–Crippen LogP) is 2.62. The van der Waals surface area contributed by atoms with E-state index in [4.69, 9.17) is 0 Å². The molecule has 0 aliphatic carbocycles. The smallest absolute Gasteiger partial charge is 0.243 e. The molecule has 1 aliphatic rings. The number of hydrogen-bond donors (Lipinski definition) is 1. The first-order valence-electron chi connectivity index (χ1n) is 9.91. The molecule has 2 rings (SSSR count). The lowest BCUT2D eigenvalue weighted by Gasteiger charge is -2.25. The molecule has 0 radical (unpaired) electrons. The average Bonchev–Trinajstić information content (AvgIpc) is 3.12. The summed E-state index contributed by atoms with van der Waals surface area (Å²) >= 11 is 0. The number of amides is 2. The van der Waals surface area contributed by atoms with E-state index in [2.05, 4.69) is 22.3 Å². The molecule has 1 unspecified atom stereocenters. The summed E-state index contributed by atoms with van der Waals surface area (Å²) in [5, 5.41) is 2.97. The lowest BCUT2D eigenvalue weighted by molar-refractivity contribution is -0.133. The normalized spacial score (nSPS) is 17.7. The van der Waals surface area contributed by atoms with Crippen LogP contribution in [0.4, 0.5) is 0 Å². The van der Waals surface area contributed by atoms with E-state index in [-0.39, 0.29) is 17.9 Å². The topological polar surface area (TPSA) is 52.7 Å². The summed E-state index contributed by atoms with van der Waals surface area (Å²) in [4.78, 5) is 28.2. The fourth-order valence-corrected chi connectivity index (χ4v) is 3.50. The van der Waals surface area contributed by atoms with Crippen molar-refractivity contribution < 1.29 is 9.59 Å². The molecule has 1 fully saturated rings. The summed E-state index contributed by atoms with van der Waals surface area (Å²) in [7, 11) is 3.62. The van der Waals surface area contributed by atoms with E-state index in [9.17, 15) is 9.59 Å². The molecule has 5 nitrogen and oxygen atoms in total. The zero-order valence-electron chi connectivity index (χ0n) is 16.9. The molecule has 0 aromatic heterocycles. The van der Waals surface area contributed by atoms with Gasteiger partial charge in [-0.05, 0) is 51.1 Å². The van der Waals surface area contributed by atoms with Crippen LogP contribution in [0.3, 0.4) is 0 Å². The van der Waals surface area contributed by atoms with Crippen LogP contribution in [0.5, 0.6) is 0 Å². The van der Waals surface area contributed by atoms with Gasteiger partial charge in [0.25, 0.3) is 0 Å². The van der Waals surface area contributed by atoms with Crippen LogP contribution in [0.2, 0.25) is 0 Å². The van der Waals surface area contributed by atoms with Gasteiger partial charge >= 0.3 is 0 Å². The van der Waals surface area contributed by atoms with Crippen LogP contribution in [0.25, 0.3) is 0 Å². The number of benzene rings is 1. The van der Waals surface area contributed by atoms with Crippen molar-refractivity contribution >= 4 is 11.8 Å². The van der Waals surface area contributed by atoms with Gasteiger partial charge in [0.05, 0.1) is 6.04 Å². The van der Waals surface area contributed by atoms with Gasteiger partial charge in [0.1, 0.15) is 0 Å². The van der Waals surface area contributed by atoms with E-state index in [1.165, 1.54) is 5.56 Å². The van der Waals surface area contributed by atoms with Gasteiger partial charge in [-0.3, -0.25) is 14.5 Å². The van der Waals surface area contributed by atoms with Gasteiger partial charge in [0, 0.05) is 33.3 Å². The number of hydrogen-bond acceptors (Lipinski definition) is 3. The average molecular weight is 372 g/mol. The number of carbonyl (C=O) groups excluding carboxylic acids is 2. The van der Waals surface area contributed by atoms with Crippen LogP contribution in [-0.2, 0) is 16.0 Å². The summed E-state index contributed by atoms with van der Waals surface area (Å²) in [6.45, 7) is 4.46. The van der Waals surface area contributed by atoms with Gasteiger partial charge in [-0.15, -0.1) is 0 Å². The van der Waals surface area contributed by atoms with Crippen LogP contribution in [0.1, 0.15) is 38.2 Å². The highest BCUT2D eigenvalue weighted by Crippen LogP contribution is 2.18. The highest BCUT2D eigenvalue weighted by molar-refractivity contribution is 5.88. The van der Waals surface area contributed by atoms with E-state index < -0.39 is 0 Å². The summed E-state index contributed by atoms with van der Waals surface area (Å²) in [6, 6.07) is 10.3. The molecule has 0 spiro atoms. The van der Waals surface area contributed by atoms with Crippen molar-refractivity contribution in [3.8, 4) is 0 Å². The van der Waals surface area contributed by atoms with Gasteiger partial charge < -0.3 is 10.2 Å². The number of likely N-dealkylation sites (N-methyl/N-ethyl adjacent to an activating group) is 1. The zero-order valence-corrected chi connectivity index (χ0v) is 16.9. The van der Waals surface area contributed by atoms with E-state index in [0.717, 1.165) is 50.8 Å². The zero-order chi connectivity index (χ0) is 19.6. The third-order valence-electron chi connectivity index (χ3n) is 5.04. The van der Waals surface area contributed by atoms with Gasteiger partial charge in [-0.1, -0.05) is 35.9 Å². The van der Waals surface area contributed by atoms with Crippen molar-refractivity contribution in [2.75, 3.05) is 33.7 Å². The maximum Gasteiger partial charge on any atom is 0.243 e. The van der Waals surface area contributed by atoms with Crippen molar-refractivity contribution in [3.05, 3.63) is 47.5 Å². The van der Waals surface area contributed by atoms with Gasteiger partial charge in [-0.25, -0.2) is 0 Å². The minimum Gasteiger partial charge on any atom is -0.353 e. The maximum absolute atomic E-state index is 12.2. The van der Waals surface area contributed by atoms with Crippen molar-refractivity contribution in [1.82, 2.24) is 15.1 Å². The Morgan fingerprint density at radius 1 is 1.26 bits per heavy atom. The summed E-state index contributed by atoms with van der Waals surface area (Å²) < 4.78 is 0. The molecule has 1 aromatic rings. The van der Waals surface area contributed by atoms with E-state index in [1.807, 2.05) is 39.2 Å². The third kappa shape index (κ3) is 7.18. The second-order valence-electron chi connectivity index (χ2n) is 7.55. The maximum atomic E-state index is 12.2. The molecule has 27 heavy (non-hydrogen) atoms. The number of allylic oxidation sites excluding steroid dienone is 1. The van der Waals surface area contributed by atoms with Crippen LogP contribution in [0.15, 0.2) is 42.0 Å². The Balaban J connectivity index is 1.66. The second-order valence-corrected chi connectivity index (χ2v) is 7.55. The SMILES string of the molecule is CC(=CC(=O)NCCCN1CCCC1C(=O)N(C)C)CCc1ccccc1. The molecule has 0 bridgehead atoms. The van der Waals surface area contributed by atoms with Crippen LogP contribution >= 0.6 is 0 Å². The standard InChI is InChI=1S/C22H33N3O2/c1-18(12-13-19-9-5-4-6-10-19)17-21(26)23-14-8-16-25-15-7-11-20(25)22(27)24(2)3/h4-6,9-10,17,20H,7-8,11-16H2,1-3H3,(H,23,26). The number of aryl methyl sites for hydroxylation is 1. The molecule has 1 heterocycles. The molecular formula is C22H33N3O2. The minimum absolute atomic E-state index is 0.0100. The highest BCUT2D eigenvalue weighted by Gasteiger charge is 2.30. The molecule has 1 saturated heterocycles. The highest BCUT2D eigenvalue weighted by atomic mass is 16.2. The third-order valence-corrected chi connectivity index (χ3v) is 5.04. The van der Waals surface area contributed by atoms with Crippen LogP contribution in [-0.4, -0.2) is 61.4 Å². The second kappa shape index (κ2) is 10.9. The van der Waals surface area contributed by atoms with Crippen molar-refractivity contribution in [2.45, 2.75) is 45.1 Å². The molecule has 1 N–H and O–H groups in total. The fourth-order valence-electron chi connectivity index (χ4n) is 3.50. The molecule has 2 amide bonds. The van der Waals surface area contributed by atoms with Crippen LogP contribution in [0, 0.1) is 0 Å². The minimum atomic E-state index is -0.0251. The lowest BCUT2D eigenvalue weighted by atomic mass is 10.1. The predicted molar refractivity (Wildman–Crippen MR) is 109 cm³/mol. The molecule has 0 saturated carbocycles. The molecule has 5 heteroatoms. The van der Waals surface area contributed by atoms with Crippen molar-refractivity contribution in [3.63, 3.8) is 0 Å². The van der Waals surface area contributed by atoms with E-state index >= 15 is 0 Å². The molecule has 1 aliphatic heterocycles. The first-order valence-corrected chi connectivity index (χ1v) is 9.91. The van der Waals surface area contributed by atoms with Crippen molar-refractivity contribution in [2.24, 2.45) is 0 Å². The van der Waals surface area contributed by atoms with Crippen molar-refractivity contribution in [1.29, 1.82) is 0 Å². The molecule has 1 aromatic carbocycles. The van der Waals surface area contributed by atoms with Gasteiger partial charge in [-0.2, -0.15) is 0 Å². The summed E-state index contributed by atoms with van der Waals surface area (Å²) in [5.41, 5.74) is 2.38. The Bertz CT molecular complexity index is 640. The number of carbonyl (C=O) groups is 2. The first kappa shape index (κ1) is 21.2. The van der Waals surface area contributed by atoms with Crippen LogP contribution < -0.4 is 5.32 Å². The first-order chi connectivity index (χ1) is 13.0. The Labute approximate surface area is 163 Å². The monoisotopic (exact) mass is 371 g/mol.